The maximum Gasteiger partial charge on any atom is 0.255 e. The first-order valence-electron chi connectivity index (χ1n) is 10.4. The number of nitrogens with one attached hydrogen (secondary N) is 1. The summed E-state index contributed by atoms with van der Waals surface area (Å²) < 4.78 is 0. The zero-order chi connectivity index (χ0) is 25.5. The fraction of sp³-hybridized carbons (Fsp3) is 0.455. The number of Topliss-reactive ketones (excluding diaryl/α,β-unsaturated/α-hetero) is 2. The van der Waals surface area contributed by atoms with Crippen LogP contribution in [0.5, 0.6) is 5.75 Å². The molecule has 182 valence electrons. The van der Waals surface area contributed by atoms with Crippen molar-refractivity contribution in [3.63, 3.8) is 0 Å². The maximum atomic E-state index is 13.6. The summed E-state index contributed by atoms with van der Waals surface area (Å²) in [6, 6.07) is 0.995. The number of phenols is 1. The molecule has 0 aromatic heterocycles. The lowest BCUT2D eigenvalue weighted by molar-refractivity contribution is -0.195. The first-order valence-corrected chi connectivity index (χ1v) is 10.8. The van der Waals surface area contributed by atoms with E-state index < -0.39 is 87.5 Å². The van der Waals surface area contributed by atoms with Crippen molar-refractivity contribution in [1.29, 1.82) is 0 Å². The number of fused-ring (bicyclic) bond motifs is 3. The lowest BCUT2D eigenvalue weighted by Crippen LogP contribution is -2.67. The summed E-state index contributed by atoms with van der Waals surface area (Å²) in [4.78, 5) is 49.5. The van der Waals surface area contributed by atoms with Crippen molar-refractivity contribution in [2.75, 3.05) is 5.32 Å². The number of hydrogen-bond donors (Lipinski definition) is 7. The minimum atomic E-state index is -2.58. The zero-order valence-electron chi connectivity index (χ0n) is 18.1. The Kier molecular flexibility index (Phi) is 5.33. The highest BCUT2D eigenvalue weighted by atomic mass is 35.5. The fourth-order valence-electron chi connectivity index (χ4n) is 5.80. The number of nitrogens with two attached hydrogens (primary N) is 1. The molecule has 11 nitrogen and oxygen atoms in total. The Labute approximate surface area is 197 Å². The number of phenolic OH excluding ortho intramolecular Hbond substituents is 1. The minimum Gasteiger partial charge on any atom is -0.508 e. The highest BCUT2D eigenvalue weighted by molar-refractivity contribution is 6.34. The summed E-state index contributed by atoms with van der Waals surface area (Å²) in [5.74, 6) is -9.26. The summed E-state index contributed by atoms with van der Waals surface area (Å²) in [6.45, 7) is 2.48. The normalized spacial score (nSPS) is 34.8. The molecule has 3 aliphatic carbocycles. The Bertz CT molecular complexity index is 1210. The smallest absolute Gasteiger partial charge is 0.255 e. The summed E-state index contributed by atoms with van der Waals surface area (Å²) >= 11 is 6.19. The molecule has 0 radical (unpaired) electrons. The largest absolute Gasteiger partial charge is 0.508 e. The molecule has 0 saturated heterocycles. The number of anilines is 1. The molecule has 4 rings (SSSR count). The Hall–Kier alpha value is -2.99. The number of aliphatic hydroxyl groups excluding tert-OH is 2. The van der Waals surface area contributed by atoms with E-state index in [1.54, 1.807) is 0 Å². The van der Waals surface area contributed by atoms with Gasteiger partial charge in [0.25, 0.3) is 5.91 Å². The van der Waals surface area contributed by atoms with E-state index >= 15 is 0 Å². The standard InChI is InChI=1S/C22H23ClN2O9/c1-6(26)25-16-9(23)5-11(28)13-15(16)21(2,33)8-3-7-4-10(27)14(20(24)32)19(31)22(7,34)18(30)12(8)17(13)29/h5,7-8,12,18,28,30-31,33-34H,3-4H2,1-2H3,(H2,24,32)(H,25,26)/t7?,8?,12?,18?,21-,22+/m1/s1. The number of ketones is 2. The predicted octanol–water partition coefficient (Wildman–Crippen LogP) is 0.0223. The Balaban J connectivity index is 1.96. The molecule has 4 unspecified atom stereocenters. The number of carbonyl (C=O) groups excluding carboxylic acids is 4. The molecule has 1 saturated carbocycles. The number of rotatable bonds is 2. The molecular weight excluding hydrogens is 472 g/mol. The number of benzene rings is 1. The Morgan fingerprint density at radius 3 is 2.41 bits per heavy atom. The van der Waals surface area contributed by atoms with E-state index in [0.717, 1.165) is 6.07 Å². The van der Waals surface area contributed by atoms with Gasteiger partial charge in [-0.05, 0) is 13.3 Å². The molecule has 1 aromatic rings. The summed E-state index contributed by atoms with van der Waals surface area (Å²) in [7, 11) is 0. The van der Waals surface area contributed by atoms with Crippen LogP contribution in [0.3, 0.4) is 0 Å². The molecule has 1 aromatic carbocycles. The number of halogens is 1. The lowest BCUT2D eigenvalue weighted by Gasteiger charge is -2.56. The van der Waals surface area contributed by atoms with E-state index in [9.17, 15) is 44.7 Å². The number of aromatic hydroxyl groups is 1. The number of carbonyl (C=O) groups is 4. The van der Waals surface area contributed by atoms with Crippen LogP contribution < -0.4 is 11.1 Å². The minimum absolute atomic E-state index is 0.104. The van der Waals surface area contributed by atoms with Gasteiger partial charge >= 0.3 is 0 Å². The van der Waals surface area contributed by atoms with Gasteiger partial charge in [0, 0.05) is 36.8 Å². The molecule has 0 bridgehead atoms. The number of hydrogen-bond acceptors (Lipinski definition) is 9. The molecule has 0 spiro atoms. The van der Waals surface area contributed by atoms with E-state index in [1.165, 1.54) is 13.8 Å². The quantitative estimate of drug-likeness (QED) is 0.218. The van der Waals surface area contributed by atoms with Gasteiger partial charge in [0.05, 0.1) is 27.8 Å². The van der Waals surface area contributed by atoms with E-state index in [4.69, 9.17) is 17.3 Å². The first kappa shape index (κ1) is 24.1. The second-order valence-electron chi connectivity index (χ2n) is 9.25. The number of aliphatic hydroxyl groups is 4. The molecule has 34 heavy (non-hydrogen) atoms. The SMILES string of the molecule is CC(=O)Nc1c(Cl)cc(O)c2c1[C@](C)(O)C1CC3CC(=O)C(C(N)=O)=C(O)[C@@]3(O)C(O)C1C2=O. The average molecular weight is 495 g/mol. The molecule has 0 heterocycles. The topological polar surface area (TPSA) is 207 Å². The fourth-order valence-corrected chi connectivity index (χ4v) is 6.05. The average Bonchev–Trinajstić information content (AvgIpc) is 2.70. The molecule has 8 N–H and O–H groups in total. The van der Waals surface area contributed by atoms with Crippen LogP contribution in [0.15, 0.2) is 17.4 Å². The van der Waals surface area contributed by atoms with Crippen LogP contribution in [0.2, 0.25) is 5.02 Å². The van der Waals surface area contributed by atoms with Gasteiger partial charge in [-0.1, -0.05) is 11.6 Å². The lowest BCUT2D eigenvalue weighted by atomic mass is 9.51. The van der Waals surface area contributed by atoms with Crippen molar-refractivity contribution in [1.82, 2.24) is 0 Å². The molecule has 2 amide bonds. The van der Waals surface area contributed by atoms with Crippen molar-refractivity contribution in [2.45, 2.75) is 44.0 Å². The van der Waals surface area contributed by atoms with Crippen molar-refractivity contribution in [3.05, 3.63) is 33.5 Å². The third-order valence-corrected chi connectivity index (χ3v) is 7.59. The Morgan fingerprint density at radius 1 is 1.24 bits per heavy atom. The highest BCUT2D eigenvalue weighted by Crippen LogP contribution is 2.59. The number of amides is 2. The van der Waals surface area contributed by atoms with Crippen LogP contribution in [0, 0.1) is 17.8 Å². The van der Waals surface area contributed by atoms with Crippen LogP contribution in [-0.4, -0.2) is 60.6 Å². The Morgan fingerprint density at radius 2 is 1.85 bits per heavy atom. The van der Waals surface area contributed by atoms with Crippen molar-refractivity contribution >= 4 is 40.7 Å². The predicted molar refractivity (Wildman–Crippen MR) is 116 cm³/mol. The van der Waals surface area contributed by atoms with Gasteiger partial charge in [0.15, 0.2) is 17.2 Å². The molecule has 0 aliphatic heterocycles. The zero-order valence-corrected chi connectivity index (χ0v) is 18.9. The molecule has 1 fully saturated rings. The third kappa shape index (κ3) is 3.01. The monoisotopic (exact) mass is 494 g/mol. The van der Waals surface area contributed by atoms with E-state index in [-0.39, 0.29) is 22.7 Å². The summed E-state index contributed by atoms with van der Waals surface area (Å²) in [5.41, 5.74) is -0.969. The van der Waals surface area contributed by atoms with Gasteiger partial charge < -0.3 is 36.6 Å². The van der Waals surface area contributed by atoms with Crippen molar-refractivity contribution in [2.24, 2.45) is 23.5 Å². The van der Waals surface area contributed by atoms with Crippen LogP contribution in [-0.2, 0) is 20.0 Å². The first-order chi connectivity index (χ1) is 15.6. The van der Waals surface area contributed by atoms with E-state index in [2.05, 4.69) is 5.32 Å². The second-order valence-corrected chi connectivity index (χ2v) is 9.65. The van der Waals surface area contributed by atoms with Crippen molar-refractivity contribution in [3.8, 4) is 5.75 Å². The molecule has 6 atom stereocenters. The van der Waals surface area contributed by atoms with Gasteiger partial charge in [-0.3, -0.25) is 19.2 Å². The van der Waals surface area contributed by atoms with Gasteiger partial charge in [0.2, 0.25) is 5.91 Å². The van der Waals surface area contributed by atoms with E-state index in [1.807, 2.05) is 0 Å². The summed E-state index contributed by atoms with van der Waals surface area (Å²) in [6.07, 6.45) is -2.81. The highest BCUT2D eigenvalue weighted by Gasteiger charge is 2.66. The molecule has 12 heteroatoms. The van der Waals surface area contributed by atoms with Crippen LogP contribution in [0.4, 0.5) is 5.69 Å². The third-order valence-electron chi connectivity index (χ3n) is 7.30. The van der Waals surface area contributed by atoms with Gasteiger partial charge in [0.1, 0.15) is 23.2 Å². The van der Waals surface area contributed by atoms with Crippen molar-refractivity contribution < 1.29 is 44.7 Å². The van der Waals surface area contributed by atoms with Gasteiger partial charge in [-0.15, -0.1) is 0 Å². The molecular formula is C22H23ClN2O9. The summed E-state index contributed by atoms with van der Waals surface area (Å²) in [5, 5.41) is 57.6. The second kappa shape index (κ2) is 7.51. The van der Waals surface area contributed by atoms with E-state index in [0.29, 0.717) is 0 Å². The maximum absolute atomic E-state index is 13.6. The molecule has 3 aliphatic rings. The van der Waals surface area contributed by atoms with Crippen LogP contribution in [0.25, 0.3) is 0 Å². The van der Waals surface area contributed by atoms with Crippen LogP contribution in [0.1, 0.15) is 42.6 Å². The van der Waals surface area contributed by atoms with Gasteiger partial charge in [-0.2, -0.15) is 0 Å². The van der Waals surface area contributed by atoms with Gasteiger partial charge in [-0.25, -0.2) is 0 Å². The van der Waals surface area contributed by atoms with Crippen LogP contribution >= 0.6 is 11.6 Å². The number of primary amides is 1.